The van der Waals surface area contributed by atoms with Gasteiger partial charge in [0.15, 0.2) is 0 Å². The second-order valence-corrected chi connectivity index (χ2v) is 4.90. The van der Waals surface area contributed by atoms with Gasteiger partial charge in [-0.1, -0.05) is 11.6 Å². The van der Waals surface area contributed by atoms with Crippen LogP contribution in [0.2, 0.25) is 5.02 Å². The van der Waals surface area contributed by atoms with Crippen molar-refractivity contribution < 1.29 is 18.0 Å². The lowest BCUT2D eigenvalue weighted by atomic mass is 9.99. The van der Waals surface area contributed by atoms with Gasteiger partial charge in [0.1, 0.15) is 0 Å². The van der Waals surface area contributed by atoms with Crippen molar-refractivity contribution in [2.45, 2.75) is 12.6 Å². The van der Waals surface area contributed by atoms with Crippen molar-refractivity contribution in [3.05, 3.63) is 28.8 Å². The highest BCUT2D eigenvalue weighted by Crippen LogP contribution is 2.36. The molecule has 1 heterocycles. The second kappa shape index (κ2) is 5.38. The molecule has 1 saturated heterocycles. The molecule has 0 spiro atoms. The van der Waals surface area contributed by atoms with E-state index >= 15 is 0 Å². The molecule has 1 amide bonds. The molecule has 104 valence electrons. The fraction of sp³-hybridized carbons (Fsp3) is 0.417. The number of hydrogen-bond donors (Lipinski definition) is 2. The van der Waals surface area contributed by atoms with E-state index in [-0.39, 0.29) is 23.0 Å². The minimum absolute atomic E-state index is 0.0199. The average molecular weight is 293 g/mol. The van der Waals surface area contributed by atoms with Crippen LogP contribution in [-0.2, 0) is 11.0 Å². The van der Waals surface area contributed by atoms with Gasteiger partial charge in [0, 0.05) is 11.4 Å². The summed E-state index contributed by atoms with van der Waals surface area (Å²) in [6.07, 6.45) is -4.33. The molecule has 1 aliphatic heterocycles. The zero-order chi connectivity index (χ0) is 14.0. The molecule has 0 saturated carbocycles. The fourth-order valence-electron chi connectivity index (χ4n) is 1.82. The van der Waals surface area contributed by atoms with Gasteiger partial charge < -0.3 is 10.6 Å². The van der Waals surface area contributed by atoms with E-state index < -0.39 is 17.6 Å². The third kappa shape index (κ3) is 3.61. The molecule has 0 aliphatic carbocycles. The molecular formula is C12H12ClF3N2O. The lowest BCUT2D eigenvalue weighted by Gasteiger charge is -2.26. The van der Waals surface area contributed by atoms with Crippen LogP contribution >= 0.6 is 11.6 Å². The molecule has 19 heavy (non-hydrogen) atoms. The van der Waals surface area contributed by atoms with Gasteiger partial charge in [-0.15, -0.1) is 0 Å². The molecule has 1 aliphatic rings. The number of carbonyl (C=O) groups excluding carboxylic acids is 1. The third-order valence-corrected chi connectivity index (χ3v) is 3.14. The molecule has 1 fully saturated rings. The van der Waals surface area contributed by atoms with Crippen molar-refractivity contribution in [1.29, 1.82) is 0 Å². The Morgan fingerprint density at radius 1 is 1.42 bits per heavy atom. The van der Waals surface area contributed by atoms with Crippen LogP contribution in [-0.4, -0.2) is 19.0 Å². The Morgan fingerprint density at radius 2 is 2.11 bits per heavy atom. The van der Waals surface area contributed by atoms with Gasteiger partial charge >= 0.3 is 6.18 Å². The van der Waals surface area contributed by atoms with Crippen LogP contribution in [0.1, 0.15) is 12.0 Å². The first-order chi connectivity index (χ1) is 8.86. The number of carbonyl (C=O) groups is 1. The molecular weight excluding hydrogens is 281 g/mol. The summed E-state index contributed by atoms with van der Waals surface area (Å²) in [5.41, 5.74) is -1.19. The minimum Gasteiger partial charge on any atom is -0.325 e. The van der Waals surface area contributed by atoms with E-state index in [9.17, 15) is 18.0 Å². The standard InChI is InChI=1S/C12H12ClF3N2O/c13-8-1-2-10(9(4-8)12(14,15)16)18-11(19)3-7-5-17-6-7/h1-2,4,7,17H,3,5-6H2,(H,18,19). The predicted octanol–water partition coefficient (Wildman–Crippen LogP) is 2.91. The van der Waals surface area contributed by atoms with Gasteiger partial charge in [0.05, 0.1) is 11.3 Å². The molecule has 1 aromatic rings. The maximum Gasteiger partial charge on any atom is 0.418 e. The molecule has 0 atom stereocenters. The van der Waals surface area contributed by atoms with E-state index in [1.807, 2.05) is 0 Å². The van der Waals surface area contributed by atoms with Crippen LogP contribution < -0.4 is 10.6 Å². The largest absolute Gasteiger partial charge is 0.418 e. The number of benzene rings is 1. The SMILES string of the molecule is O=C(CC1CNC1)Nc1ccc(Cl)cc1C(F)(F)F. The van der Waals surface area contributed by atoms with E-state index in [0.29, 0.717) is 0 Å². The number of anilines is 1. The van der Waals surface area contributed by atoms with E-state index in [1.165, 1.54) is 12.1 Å². The summed E-state index contributed by atoms with van der Waals surface area (Å²) in [6.45, 7) is 1.44. The number of nitrogens with one attached hydrogen (secondary N) is 2. The molecule has 2 rings (SSSR count). The summed E-state index contributed by atoms with van der Waals surface area (Å²) in [7, 11) is 0. The highest BCUT2D eigenvalue weighted by Gasteiger charge is 2.34. The minimum atomic E-state index is -4.55. The van der Waals surface area contributed by atoms with Crippen LogP contribution in [0.4, 0.5) is 18.9 Å². The quantitative estimate of drug-likeness (QED) is 0.899. The van der Waals surface area contributed by atoms with E-state index in [4.69, 9.17) is 11.6 Å². The molecule has 2 N–H and O–H groups in total. The maximum absolute atomic E-state index is 12.8. The summed E-state index contributed by atoms with van der Waals surface area (Å²) in [4.78, 5) is 11.6. The van der Waals surface area contributed by atoms with Crippen LogP contribution in [0.15, 0.2) is 18.2 Å². The highest BCUT2D eigenvalue weighted by atomic mass is 35.5. The van der Waals surface area contributed by atoms with Crippen LogP contribution in [0, 0.1) is 5.92 Å². The van der Waals surface area contributed by atoms with Crippen LogP contribution in [0.5, 0.6) is 0 Å². The number of amides is 1. The monoisotopic (exact) mass is 292 g/mol. The average Bonchev–Trinajstić information content (AvgIpc) is 2.25. The normalized spacial score (nSPS) is 16.0. The van der Waals surface area contributed by atoms with Crippen molar-refractivity contribution in [1.82, 2.24) is 5.32 Å². The Balaban J connectivity index is 2.12. The molecule has 0 bridgehead atoms. The zero-order valence-corrected chi connectivity index (χ0v) is 10.6. The van der Waals surface area contributed by atoms with Gasteiger partial charge in [-0.05, 0) is 37.2 Å². The lowest BCUT2D eigenvalue weighted by Crippen LogP contribution is -2.43. The summed E-state index contributed by atoms with van der Waals surface area (Å²) < 4.78 is 38.4. The van der Waals surface area contributed by atoms with Crippen molar-refractivity contribution in [2.75, 3.05) is 18.4 Å². The van der Waals surface area contributed by atoms with Crippen LogP contribution in [0.25, 0.3) is 0 Å². The van der Waals surface area contributed by atoms with E-state index in [0.717, 1.165) is 19.2 Å². The molecule has 3 nitrogen and oxygen atoms in total. The first kappa shape index (κ1) is 14.1. The molecule has 0 aromatic heterocycles. The summed E-state index contributed by atoms with van der Waals surface area (Å²) in [5.74, 6) is -0.221. The summed E-state index contributed by atoms with van der Waals surface area (Å²) in [5, 5.41) is 5.27. The predicted molar refractivity (Wildman–Crippen MR) is 66.1 cm³/mol. The molecule has 1 aromatic carbocycles. The Kier molecular flexibility index (Phi) is 4.01. The van der Waals surface area contributed by atoms with Crippen molar-refractivity contribution in [3.8, 4) is 0 Å². The zero-order valence-electron chi connectivity index (χ0n) is 9.85. The summed E-state index contributed by atoms with van der Waals surface area (Å²) >= 11 is 5.55. The Morgan fingerprint density at radius 3 is 2.63 bits per heavy atom. The van der Waals surface area contributed by atoms with Crippen molar-refractivity contribution >= 4 is 23.2 Å². The topological polar surface area (TPSA) is 41.1 Å². The van der Waals surface area contributed by atoms with Gasteiger partial charge in [0.2, 0.25) is 5.91 Å². The van der Waals surface area contributed by atoms with Gasteiger partial charge in [-0.25, -0.2) is 0 Å². The number of alkyl halides is 3. The van der Waals surface area contributed by atoms with Gasteiger partial charge in [-0.2, -0.15) is 13.2 Å². The van der Waals surface area contributed by atoms with Crippen LogP contribution in [0.3, 0.4) is 0 Å². The number of hydrogen-bond acceptors (Lipinski definition) is 2. The smallest absolute Gasteiger partial charge is 0.325 e. The van der Waals surface area contributed by atoms with Crippen molar-refractivity contribution in [2.24, 2.45) is 5.92 Å². The second-order valence-electron chi connectivity index (χ2n) is 4.46. The first-order valence-electron chi connectivity index (χ1n) is 5.73. The molecule has 7 heteroatoms. The maximum atomic E-state index is 12.8. The highest BCUT2D eigenvalue weighted by molar-refractivity contribution is 6.30. The van der Waals surface area contributed by atoms with E-state index in [2.05, 4.69) is 10.6 Å². The number of halogens is 4. The Hall–Kier alpha value is -1.27. The molecule has 0 radical (unpaired) electrons. The van der Waals surface area contributed by atoms with Gasteiger partial charge in [-0.3, -0.25) is 4.79 Å². The lowest BCUT2D eigenvalue weighted by molar-refractivity contribution is -0.137. The molecule has 0 unspecified atom stereocenters. The fourth-order valence-corrected chi connectivity index (χ4v) is 1.99. The van der Waals surface area contributed by atoms with E-state index in [1.54, 1.807) is 0 Å². The third-order valence-electron chi connectivity index (χ3n) is 2.90. The number of rotatable bonds is 3. The van der Waals surface area contributed by atoms with Gasteiger partial charge in [0.25, 0.3) is 0 Å². The first-order valence-corrected chi connectivity index (χ1v) is 6.11. The summed E-state index contributed by atoms with van der Waals surface area (Å²) in [6, 6.07) is 3.29. The Bertz CT molecular complexity index is 486. The Labute approximate surface area is 113 Å². The van der Waals surface area contributed by atoms with Crippen molar-refractivity contribution in [3.63, 3.8) is 0 Å².